The second-order valence-electron chi connectivity index (χ2n) is 6.93. The van der Waals surface area contributed by atoms with Crippen LogP contribution in [0.5, 0.6) is 17.2 Å². The first-order valence-electron chi connectivity index (χ1n) is 9.36. The summed E-state index contributed by atoms with van der Waals surface area (Å²) >= 11 is 12.1. The quantitative estimate of drug-likeness (QED) is 0.436. The summed E-state index contributed by atoms with van der Waals surface area (Å²) in [4.78, 5) is 2.07. The molecule has 6 nitrogen and oxygen atoms in total. The van der Waals surface area contributed by atoms with Crippen molar-refractivity contribution in [2.75, 3.05) is 32.0 Å². The second kappa shape index (κ2) is 10.2. The normalized spacial score (nSPS) is 11.4. The molecule has 0 aliphatic carbocycles. The molecule has 9 heteroatoms. The summed E-state index contributed by atoms with van der Waals surface area (Å²) in [5, 5.41) is 0.957. The molecule has 3 rings (SSSR count). The molecule has 0 amide bonds. The van der Waals surface area contributed by atoms with Gasteiger partial charge in [0.1, 0.15) is 23.9 Å². The maximum absolute atomic E-state index is 12.8. The first-order valence-corrected chi connectivity index (χ1v) is 11.6. The number of likely N-dealkylation sites (N-methyl/N-ethyl adjacent to an activating group) is 1. The topological polar surface area (TPSA) is 67.9 Å². The molecule has 0 aliphatic rings. The van der Waals surface area contributed by atoms with Crippen LogP contribution in [0.15, 0.2) is 71.6 Å². The lowest BCUT2D eigenvalue weighted by Crippen LogP contribution is -2.19. The van der Waals surface area contributed by atoms with E-state index in [1.165, 1.54) is 12.1 Å². The monoisotopic (exact) mass is 480 g/mol. The number of ether oxygens (including phenoxy) is 2. The molecule has 0 bridgehead atoms. The molecule has 0 aliphatic heterocycles. The van der Waals surface area contributed by atoms with Gasteiger partial charge in [0.25, 0.3) is 10.0 Å². The number of nitrogens with zero attached hydrogens (tertiary/aromatic N) is 1. The zero-order valence-electron chi connectivity index (χ0n) is 17.0. The van der Waals surface area contributed by atoms with Crippen LogP contribution in [0.4, 0.5) is 5.69 Å². The van der Waals surface area contributed by atoms with Gasteiger partial charge in [-0.15, -0.1) is 0 Å². The van der Waals surface area contributed by atoms with Crippen molar-refractivity contribution in [1.29, 1.82) is 0 Å². The summed E-state index contributed by atoms with van der Waals surface area (Å²) < 4.78 is 39.4. The Labute approximate surface area is 192 Å². The number of halogens is 2. The Morgan fingerprint density at radius 2 is 1.68 bits per heavy atom. The summed E-state index contributed by atoms with van der Waals surface area (Å²) in [6.45, 7) is 1.13. The number of hydrogen-bond donors (Lipinski definition) is 1. The molecular formula is C22H22Cl2N2O4S. The third-order valence-electron chi connectivity index (χ3n) is 4.15. The van der Waals surface area contributed by atoms with Gasteiger partial charge in [-0.05, 0) is 68.7 Å². The standard InChI is InChI=1S/C22H22Cl2N2O4S/c1-26(2)12-13-29-22-15-17(6-11-21(22)24)25-31(27,28)20-9-7-18(8-10-20)30-19-5-3-4-16(23)14-19/h3-11,14-15,25H,12-13H2,1-2H3. The zero-order valence-corrected chi connectivity index (χ0v) is 19.3. The van der Waals surface area contributed by atoms with E-state index in [0.29, 0.717) is 46.1 Å². The Morgan fingerprint density at radius 3 is 2.35 bits per heavy atom. The van der Waals surface area contributed by atoms with Gasteiger partial charge in [-0.25, -0.2) is 8.42 Å². The Bertz CT molecular complexity index is 1140. The molecule has 0 unspecified atom stereocenters. The van der Waals surface area contributed by atoms with Crippen molar-refractivity contribution in [1.82, 2.24) is 4.90 Å². The van der Waals surface area contributed by atoms with Gasteiger partial charge in [0, 0.05) is 17.6 Å². The van der Waals surface area contributed by atoms with Crippen LogP contribution in [0, 0.1) is 0 Å². The fourth-order valence-electron chi connectivity index (χ4n) is 2.58. The minimum Gasteiger partial charge on any atom is -0.491 e. The van der Waals surface area contributed by atoms with Crippen LogP contribution in [0.1, 0.15) is 0 Å². The highest BCUT2D eigenvalue weighted by atomic mass is 35.5. The fraction of sp³-hybridized carbons (Fsp3) is 0.182. The maximum atomic E-state index is 12.8. The predicted octanol–water partition coefficient (Wildman–Crippen LogP) is 5.53. The largest absolute Gasteiger partial charge is 0.491 e. The Morgan fingerprint density at radius 1 is 0.935 bits per heavy atom. The van der Waals surface area contributed by atoms with Crippen molar-refractivity contribution in [2.24, 2.45) is 0 Å². The first-order chi connectivity index (χ1) is 14.7. The van der Waals surface area contributed by atoms with Crippen molar-refractivity contribution < 1.29 is 17.9 Å². The lowest BCUT2D eigenvalue weighted by Gasteiger charge is -2.14. The maximum Gasteiger partial charge on any atom is 0.261 e. The number of nitrogens with one attached hydrogen (secondary N) is 1. The van der Waals surface area contributed by atoms with Crippen LogP contribution in [0.2, 0.25) is 10.0 Å². The molecule has 0 fully saturated rings. The summed E-state index contributed by atoms with van der Waals surface area (Å²) in [6.07, 6.45) is 0. The molecule has 0 saturated carbocycles. The van der Waals surface area contributed by atoms with Crippen molar-refractivity contribution in [3.05, 3.63) is 76.8 Å². The fourth-order valence-corrected chi connectivity index (χ4v) is 3.99. The van der Waals surface area contributed by atoms with E-state index < -0.39 is 10.0 Å². The summed E-state index contributed by atoms with van der Waals surface area (Å²) in [5.74, 6) is 1.46. The number of benzene rings is 3. The molecule has 0 spiro atoms. The van der Waals surface area contributed by atoms with Crippen LogP contribution >= 0.6 is 23.2 Å². The van der Waals surface area contributed by atoms with Crippen molar-refractivity contribution in [3.8, 4) is 17.2 Å². The number of hydrogen-bond acceptors (Lipinski definition) is 5. The summed E-state index contributed by atoms with van der Waals surface area (Å²) in [6, 6.07) is 17.8. The van der Waals surface area contributed by atoms with E-state index in [1.54, 1.807) is 54.6 Å². The van der Waals surface area contributed by atoms with E-state index in [4.69, 9.17) is 32.7 Å². The lowest BCUT2D eigenvalue weighted by molar-refractivity contribution is 0.261. The predicted molar refractivity (Wildman–Crippen MR) is 124 cm³/mol. The van der Waals surface area contributed by atoms with Gasteiger partial charge in [0.15, 0.2) is 0 Å². The molecule has 0 radical (unpaired) electrons. The smallest absolute Gasteiger partial charge is 0.261 e. The van der Waals surface area contributed by atoms with Gasteiger partial charge in [-0.1, -0.05) is 29.3 Å². The van der Waals surface area contributed by atoms with Gasteiger partial charge in [0.2, 0.25) is 0 Å². The van der Waals surface area contributed by atoms with E-state index in [9.17, 15) is 8.42 Å². The van der Waals surface area contributed by atoms with Gasteiger partial charge in [-0.3, -0.25) is 4.72 Å². The Kier molecular flexibility index (Phi) is 7.67. The second-order valence-corrected chi connectivity index (χ2v) is 9.46. The van der Waals surface area contributed by atoms with Gasteiger partial charge in [-0.2, -0.15) is 0 Å². The Hall–Kier alpha value is -2.45. The minimum atomic E-state index is -3.81. The van der Waals surface area contributed by atoms with E-state index in [1.807, 2.05) is 19.0 Å². The van der Waals surface area contributed by atoms with E-state index >= 15 is 0 Å². The van der Waals surface area contributed by atoms with Crippen molar-refractivity contribution in [3.63, 3.8) is 0 Å². The van der Waals surface area contributed by atoms with Crippen molar-refractivity contribution in [2.45, 2.75) is 4.90 Å². The molecule has 31 heavy (non-hydrogen) atoms. The van der Waals surface area contributed by atoms with Crippen molar-refractivity contribution >= 4 is 38.9 Å². The minimum absolute atomic E-state index is 0.0935. The highest BCUT2D eigenvalue weighted by Gasteiger charge is 2.16. The lowest BCUT2D eigenvalue weighted by atomic mass is 10.3. The van der Waals surface area contributed by atoms with E-state index in [2.05, 4.69) is 4.72 Å². The van der Waals surface area contributed by atoms with Crippen LogP contribution in [0.3, 0.4) is 0 Å². The molecule has 0 saturated heterocycles. The summed E-state index contributed by atoms with van der Waals surface area (Å²) in [7, 11) is 0.0560. The van der Waals surface area contributed by atoms with E-state index in [-0.39, 0.29) is 4.90 Å². The SMILES string of the molecule is CN(C)CCOc1cc(NS(=O)(=O)c2ccc(Oc3cccc(Cl)c3)cc2)ccc1Cl. The molecule has 0 aromatic heterocycles. The van der Waals surface area contributed by atoms with Crippen LogP contribution in [-0.2, 0) is 10.0 Å². The number of sulfonamides is 1. The number of anilines is 1. The van der Waals surface area contributed by atoms with Crippen LogP contribution in [-0.4, -0.2) is 40.6 Å². The average Bonchev–Trinajstić information content (AvgIpc) is 2.70. The summed E-state index contributed by atoms with van der Waals surface area (Å²) in [5.41, 5.74) is 0.350. The van der Waals surface area contributed by atoms with Gasteiger partial charge < -0.3 is 14.4 Å². The Balaban J connectivity index is 1.70. The van der Waals surface area contributed by atoms with Crippen LogP contribution < -0.4 is 14.2 Å². The van der Waals surface area contributed by atoms with Gasteiger partial charge in [0.05, 0.1) is 15.6 Å². The molecule has 3 aromatic rings. The highest BCUT2D eigenvalue weighted by Crippen LogP contribution is 2.30. The molecule has 0 atom stereocenters. The van der Waals surface area contributed by atoms with Gasteiger partial charge >= 0.3 is 0 Å². The zero-order chi connectivity index (χ0) is 22.4. The molecule has 1 N–H and O–H groups in total. The molecular weight excluding hydrogens is 459 g/mol. The first kappa shape index (κ1) is 23.2. The molecule has 164 valence electrons. The third-order valence-corrected chi connectivity index (χ3v) is 6.09. The third kappa shape index (κ3) is 6.77. The van der Waals surface area contributed by atoms with E-state index in [0.717, 1.165) is 0 Å². The van der Waals surface area contributed by atoms with Crippen LogP contribution in [0.25, 0.3) is 0 Å². The average molecular weight is 481 g/mol. The number of rotatable bonds is 9. The molecule has 3 aromatic carbocycles. The molecule has 0 heterocycles. The highest BCUT2D eigenvalue weighted by molar-refractivity contribution is 7.92.